The van der Waals surface area contributed by atoms with Crippen LogP contribution in [-0.2, 0) is 17.5 Å². The first kappa shape index (κ1) is 18.1. The number of fused-ring (bicyclic) bond motifs is 2. The number of halogens is 4. The molecule has 0 amide bonds. The van der Waals surface area contributed by atoms with Crippen molar-refractivity contribution in [3.63, 3.8) is 0 Å². The second-order valence-electron chi connectivity index (χ2n) is 6.26. The van der Waals surface area contributed by atoms with E-state index in [0.717, 1.165) is 18.9 Å². The van der Waals surface area contributed by atoms with E-state index in [1.165, 1.54) is 12.1 Å². The highest BCUT2D eigenvalue weighted by atomic mass is 35.5. The molecule has 1 aromatic carbocycles. The molecule has 23 heavy (non-hydrogen) atoms. The van der Waals surface area contributed by atoms with Crippen LogP contribution in [-0.4, -0.2) is 28.1 Å². The molecule has 3 rings (SSSR count). The van der Waals surface area contributed by atoms with Crippen LogP contribution in [0.1, 0.15) is 36.8 Å². The Morgan fingerprint density at radius 2 is 1.83 bits per heavy atom. The molecule has 2 atom stereocenters. The maximum Gasteiger partial charge on any atom is 0.416 e. The monoisotopic (exact) mass is 349 g/mol. The van der Waals surface area contributed by atoms with Gasteiger partial charge in [-0.15, -0.1) is 12.4 Å². The van der Waals surface area contributed by atoms with E-state index in [1.54, 1.807) is 6.07 Å². The van der Waals surface area contributed by atoms with E-state index in [0.29, 0.717) is 24.9 Å². The van der Waals surface area contributed by atoms with Crippen LogP contribution in [0, 0.1) is 5.92 Å². The third-order valence-electron chi connectivity index (χ3n) is 4.85. The molecule has 2 heterocycles. The van der Waals surface area contributed by atoms with Crippen molar-refractivity contribution in [1.29, 1.82) is 0 Å². The molecule has 0 saturated carbocycles. The fourth-order valence-corrected chi connectivity index (χ4v) is 3.79. The van der Waals surface area contributed by atoms with Crippen molar-refractivity contribution in [3.05, 3.63) is 35.4 Å². The molecule has 2 aliphatic rings. The third-order valence-corrected chi connectivity index (χ3v) is 4.85. The van der Waals surface area contributed by atoms with Crippen molar-refractivity contribution in [2.24, 2.45) is 5.92 Å². The zero-order valence-corrected chi connectivity index (χ0v) is 13.2. The molecule has 2 saturated heterocycles. The molecular formula is C16H19ClF3NO2. The number of hydrogen-bond acceptors (Lipinski definition) is 2. The Bertz CT molecular complexity index is 565. The smallest absolute Gasteiger partial charge is 0.416 e. The highest BCUT2D eigenvalue weighted by molar-refractivity contribution is 5.85. The zero-order chi connectivity index (χ0) is 15.9. The topological polar surface area (TPSA) is 40.5 Å². The van der Waals surface area contributed by atoms with Gasteiger partial charge in [-0.2, -0.15) is 13.2 Å². The van der Waals surface area contributed by atoms with E-state index >= 15 is 0 Å². The number of nitrogens with zero attached hydrogens (tertiary/aromatic N) is 1. The van der Waals surface area contributed by atoms with Gasteiger partial charge in [-0.3, -0.25) is 9.69 Å². The molecule has 128 valence electrons. The van der Waals surface area contributed by atoms with Gasteiger partial charge in [0.1, 0.15) is 0 Å². The summed E-state index contributed by atoms with van der Waals surface area (Å²) in [5.41, 5.74) is 0.0123. The Kier molecular flexibility index (Phi) is 5.26. The molecule has 1 aromatic rings. The predicted molar refractivity (Wildman–Crippen MR) is 81.4 cm³/mol. The summed E-state index contributed by atoms with van der Waals surface area (Å²) in [5.74, 6) is -1.06. The number of benzene rings is 1. The molecule has 2 aliphatic heterocycles. The number of alkyl halides is 3. The predicted octanol–water partition coefficient (Wildman–Crippen LogP) is 3.95. The van der Waals surface area contributed by atoms with Gasteiger partial charge in [0.25, 0.3) is 0 Å². The fraction of sp³-hybridized carbons (Fsp3) is 0.562. The van der Waals surface area contributed by atoms with E-state index in [2.05, 4.69) is 4.90 Å². The Balaban J connectivity index is 0.00000192. The third kappa shape index (κ3) is 3.80. The van der Waals surface area contributed by atoms with Gasteiger partial charge in [-0.05, 0) is 37.3 Å². The summed E-state index contributed by atoms with van der Waals surface area (Å²) < 4.78 is 38.3. The largest absolute Gasteiger partial charge is 0.481 e. The van der Waals surface area contributed by atoms with Crippen LogP contribution in [0.2, 0.25) is 0 Å². The molecule has 1 N–H and O–H groups in total. The van der Waals surface area contributed by atoms with Gasteiger partial charge < -0.3 is 5.11 Å². The van der Waals surface area contributed by atoms with Crippen LogP contribution in [0.4, 0.5) is 13.2 Å². The minimum Gasteiger partial charge on any atom is -0.481 e. The summed E-state index contributed by atoms with van der Waals surface area (Å²) in [6.07, 6.45) is -1.25. The molecule has 0 aliphatic carbocycles. The van der Waals surface area contributed by atoms with Gasteiger partial charge in [-0.25, -0.2) is 0 Å². The van der Waals surface area contributed by atoms with Crippen molar-refractivity contribution in [2.75, 3.05) is 0 Å². The number of carboxylic acid groups (broad SMARTS) is 1. The zero-order valence-electron chi connectivity index (χ0n) is 12.4. The molecule has 2 fully saturated rings. The van der Waals surface area contributed by atoms with E-state index in [-0.39, 0.29) is 30.4 Å². The number of aliphatic carboxylic acids is 1. The molecule has 7 heteroatoms. The first-order chi connectivity index (χ1) is 10.3. The summed E-state index contributed by atoms with van der Waals surface area (Å²) in [5, 5.41) is 9.16. The quantitative estimate of drug-likeness (QED) is 0.898. The van der Waals surface area contributed by atoms with Crippen LogP contribution < -0.4 is 0 Å². The van der Waals surface area contributed by atoms with Crippen LogP contribution in [0.5, 0.6) is 0 Å². The second-order valence-corrected chi connectivity index (χ2v) is 6.26. The Labute approximate surface area is 138 Å². The molecular weight excluding hydrogens is 331 g/mol. The molecule has 2 bridgehead atoms. The van der Waals surface area contributed by atoms with Gasteiger partial charge in [0.15, 0.2) is 0 Å². The summed E-state index contributed by atoms with van der Waals surface area (Å²) in [7, 11) is 0. The van der Waals surface area contributed by atoms with Crippen LogP contribution in [0.25, 0.3) is 0 Å². The highest BCUT2D eigenvalue weighted by Crippen LogP contribution is 2.40. The lowest BCUT2D eigenvalue weighted by Gasteiger charge is -2.37. The van der Waals surface area contributed by atoms with E-state index in [9.17, 15) is 18.0 Å². The van der Waals surface area contributed by atoms with Crippen LogP contribution in [0.15, 0.2) is 24.3 Å². The van der Waals surface area contributed by atoms with E-state index < -0.39 is 17.7 Å². The van der Waals surface area contributed by atoms with Gasteiger partial charge in [-0.1, -0.05) is 18.2 Å². The van der Waals surface area contributed by atoms with Gasteiger partial charge >= 0.3 is 12.1 Å². The van der Waals surface area contributed by atoms with Gasteiger partial charge in [0, 0.05) is 18.6 Å². The van der Waals surface area contributed by atoms with E-state index in [4.69, 9.17) is 5.11 Å². The molecule has 0 aromatic heterocycles. The lowest BCUT2D eigenvalue weighted by molar-refractivity contribution is -0.144. The average Bonchev–Trinajstić information content (AvgIpc) is 2.69. The Morgan fingerprint density at radius 3 is 2.35 bits per heavy atom. The summed E-state index contributed by atoms with van der Waals surface area (Å²) in [6.45, 7) is 0.464. The molecule has 0 spiro atoms. The van der Waals surface area contributed by atoms with Crippen molar-refractivity contribution < 1.29 is 23.1 Å². The minimum atomic E-state index is -4.33. The van der Waals surface area contributed by atoms with Gasteiger partial charge in [0.05, 0.1) is 11.5 Å². The summed E-state index contributed by atoms with van der Waals surface area (Å²) >= 11 is 0. The number of hydrogen-bond donors (Lipinski definition) is 1. The lowest BCUT2D eigenvalue weighted by atomic mass is 9.90. The fourth-order valence-electron chi connectivity index (χ4n) is 3.79. The minimum absolute atomic E-state index is 0. The van der Waals surface area contributed by atoms with Crippen molar-refractivity contribution in [1.82, 2.24) is 4.90 Å². The molecule has 3 nitrogen and oxygen atoms in total. The number of rotatable bonds is 3. The number of carboxylic acids is 1. The SMILES string of the molecule is Cl.O=C(O)C1CC2CCC(C1)N2Cc1cccc(C(F)(F)F)c1. The maximum absolute atomic E-state index is 12.8. The first-order valence-electron chi connectivity index (χ1n) is 7.49. The molecule has 2 unspecified atom stereocenters. The summed E-state index contributed by atoms with van der Waals surface area (Å²) in [4.78, 5) is 13.3. The Morgan fingerprint density at radius 1 is 1.22 bits per heavy atom. The first-order valence-corrected chi connectivity index (χ1v) is 7.49. The highest BCUT2D eigenvalue weighted by Gasteiger charge is 2.42. The van der Waals surface area contributed by atoms with Crippen LogP contribution >= 0.6 is 12.4 Å². The second kappa shape index (κ2) is 6.69. The number of piperidine rings is 1. The normalized spacial score (nSPS) is 27.5. The van der Waals surface area contributed by atoms with Crippen molar-refractivity contribution in [3.8, 4) is 0 Å². The lowest BCUT2D eigenvalue weighted by Crippen LogP contribution is -2.44. The standard InChI is InChI=1S/C16H18F3NO2.ClH/c17-16(18,19)12-3-1-2-10(6-12)9-20-13-4-5-14(20)8-11(7-13)15(21)22;/h1-3,6,11,13-14H,4-5,7-9H2,(H,21,22);1H. The van der Waals surface area contributed by atoms with Crippen LogP contribution in [0.3, 0.4) is 0 Å². The van der Waals surface area contributed by atoms with Crippen molar-refractivity contribution >= 4 is 18.4 Å². The van der Waals surface area contributed by atoms with E-state index in [1.807, 2.05) is 0 Å². The molecule has 0 radical (unpaired) electrons. The maximum atomic E-state index is 12.8. The average molecular weight is 350 g/mol. The number of carbonyl (C=O) groups is 1. The van der Waals surface area contributed by atoms with Crippen molar-refractivity contribution in [2.45, 2.75) is 50.5 Å². The Hall–Kier alpha value is -1.27. The summed E-state index contributed by atoms with van der Waals surface area (Å²) in [6, 6.07) is 5.77. The van der Waals surface area contributed by atoms with Gasteiger partial charge in [0.2, 0.25) is 0 Å².